The molecule has 4 nitrogen and oxygen atoms in total. The van der Waals surface area contributed by atoms with Crippen LogP contribution in [0.5, 0.6) is 0 Å². The highest BCUT2D eigenvalue weighted by Gasteiger charge is 2.54. The Balaban J connectivity index is 1.69. The maximum atomic E-state index is 12.4. The minimum absolute atomic E-state index is 0.0247. The first-order valence-corrected chi connectivity index (χ1v) is 10.2. The van der Waals surface area contributed by atoms with Crippen LogP contribution in [0.4, 0.5) is 0 Å². The fourth-order valence-electron chi connectivity index (χ4n) is 4.65. The van der Waals surface area contributed by atoms with E-state index in [2.05, 4.69) is 35.7 Å². The number of hydrogen-bond acceptors (Lipinski definition) is 4. The molecule has 0 aromatic heterocycles. The van der Waals surface area contributed by atoms with E-state index in [1.54, 1.807) is 11.8 Å². The quantitative estimate of drug-likeness (QED) is 0.703. The van der Waals surface area contributed by atoms with Crippen LogP contribution in [0, 0.1) is 11.8 Å². The number of nitrogens with two attached hydrogens (primary N) is 1. The molecule has 1 saturated carbocycles. The highest BCUT2D eigenvalue weighted by molar-refractivity contribution is 8.03. The number of halogens is 1. The Morgan fingerprint density at radius 3 is 2.80 bits per heavy atom. The lowest BCUT2D eigenvalue weighted by Crippen LogP contribution is -2.63. The minimum Gasteiger partial charge on any atom is -0.392 e. The molecule has 0 spiro atoms. The summed E-state index contributed by atoms with van der Waals surface area (Å²) < 4.78 is 0. The summed E-state index contributed by atoms with van der Waals surface area (Å²) in [4.78, 5) is 12.4. The van der Waals surface area contributed by atoms with Crippen LogP contribution in [-0.2, 0) is 11.2 Å². The van der Waals surface area contributed by atoms with Gasteiger partial charge in [-0.2, -0.15) is 0 Å². The number of nitrogens with one attached hydrogen (secondary N) is 1. The van der Waals surface area contributed by atoms with Gasteiger partial charge in [-0.25, -0.2) is 0 Å². The summed E-state index contributed by atoms with van der Waals surface area (Å²) in [6, 6.07) is 8.28. The van der Waals surface area contributed by atoms with Gasteiger partial charge in [0.15, 0.2) is 0 Å². The molecule has 2 fully saturated rings. The standard InChI is InChI=1S/C19H23ClN2O2S/c20-13-9-14(23)15(11-3-1-10(2-4-11)5-7-21)16-12-6-8-25-18(12)19(24)22-17(13)16/h1-4,6,8,12-18,23H,5,7,9,21H2,(H,22,24). The SMILES string of the molecule is NCCc1ccc(C2C(O)CC(Cl)C3NC(=O)C4SC=CC4C32)cc1. The van der Waals surface area contributed by atoms with Crippen molar-refractivity contribution in [2.24, 2.45) is 17.6 Å². The van der Waals surface area contributed by atoms with E-state index in [1.807, 2.05) is 5.41 Å². The number of hydrogen-bond donors (Lipinski definition) is 3. The first-order valence-electron chi connectivity index (χ1n) is 8.83. The van der Waals surface area contributed by atoms with Crippen LogP contribution in [0.15, 0.2) is 35.7 Å². The van der Waals surface area contributed by atoms with Gasteiger partial charge in [-0.15, -0.1) is 23.4 Å². The van der Waals surface area contributed by atoms with Crippen molar-refractivity contribution in [1.82, 2.24) is 5.32 Å². The molecule has 7 atom stereocenters. The molecule has 1 aromatic carbocycles. The summed E-state index contributed by atoms with van der Waals surface area (Å²) in [6.07, 6.45) is 2.97. The van der Waals surface area contributed by atoms with Crippen molar-refractivity contribution in [2.45, 2.75) is 41.5 Å². The van der Waals surface area contributed by atoms with Crippen molar-refractivity contribution in [3.05, 3.63) is 46.9 Å². The van der Waals surface area contributed by atoms with Crippen LogP contribution in [0.25, 0.3) is 0 Å². The van der Waals surface area contributed by atoms with E-state index in [1.165, 1.54) is 5.56 Å². The van der Waals surface area contributed by atoms with Crippen LogP contribution < -0.4 is 11.1 Å². The monoisotopic (exact) mass is 378 g/mol. The van der Waals surface area contributed by atoms with Crippen molar-refractivity contribution in [3.63, 3.8) is 0 Å². The van der Waals surface area contributed by atoms with E-state index in [9.17, 15) is 9.90 Å². The second-order valence-corrected chi connectivity index (χ2v) is 8.81. The number of rotatable bonds is 3. The zero-order chi connectivity index (χ0) is 17.6. The second-order valence-electron chi connectivity index (χ2n) is 7.20. The lowest BCUT2D eigenvalue weighted by molar-refractivity contribution is -0.126. The number of carbonyl (C=O) groups is 1. The predicted octanol–water partition coefficient (Wildman–Crippen LogP) is 2.00. The number of fused-ring (bicyclic) bond motifs is 3. The Morgan fingerprint density at radius 2 is 2.08 bits per heavy atom. The smallest absolute Gasteiger partial charge is 0.234 e. The molecule has 7 unspecified atom stereocenters. The third-order valence-corrected chi connectivity index (χ3v) is 7.37. The first-order chi connectivity index (χ1) is 12.1. The van der Waals surface area contributed by atoms with Crippen molar-refractivity contribution in [3.8, 4) is 0 Å². The molecule has 25 heavy (non-hydrogen) atoms. The molecule has 4 N–H and O–H groups in total. The summed E-state index contributed by atoms with van der Waals surface area (Å²) in [7, 11) is 0. The third-order valence-electron chi connectivity index (χ3n) is 5.79. The van der Waals surface area contributed by atoms with E-state index in [0.29, 0.717) is 13.0 Å². The molecule has 2 aliphatic heterocycles. The van der Waals surface area contributed by atoms with Crippen LogP contribution in [-0.4, -0.2) is 40.3 Å². The summed E-state index contributed by atoms with van der Waals surface area (Å²) in [5, 5.41) is 15.6. The van der Waals surface area contributed by atoms with Crippen LogP contribution in [0.2, 0.25) is 0 Å². The third kappa shape index (κ3) is 3.01. The van der Waals surface area contributed by atoms with Gasteiger partial charge in [0.1, 0.15) is 0 Å². The Labute approximate surface area is 157 Å². The number of amides is 1. The fourth-order valence-corrected chi connectivity index (χ4v) is 6.15. The number of thioether (sulfide) groups is 1. The average molecular weight is 379 g/mol. The Hall–Kier alpha value is -1.01. The predicted molar refractivity (Wildman–Crippen MR) is 102 cm³/mol. The van der Waals surface area contributed by atoms with Gasteiger partial charge in [0, 0.05) is 17.9 Å². The maximum absolute atomic E-state index is 12.4. The number of allylic oxidation sites excluding steroid dienone is 1. The summed E-state index contributed by atoms with van der Waals surface area (Å²) >= 11 is 8.11. The van der Waals surface area contributed by atoms with E-state index >= 15 is 0 Å². The molecule has 3 aliphatic rings. The van der Waals surface area contributed by atoms with Gasteiger partial charge in [-0.1, -0.05) is 30.3 Å². The van der Waals surface area contributed by atoms with Crippen LogP contribution >= 0.6 is 23.4 Å². The highest BCUT2D eigenvalue weighted by atomic mass is 35.5. The number of benzene rings is 1. The van der Waals surface area contributed by atoms with Gasteiger partial charge in [0.05, 0.1) is 16.7 Å². The molecule has 1 aliphatic carbocycles. The molecule has 134 valence electrons. The normalized spacial score (nSPS) is 39.6. The highest BCUT2D eigenvalue weighted by Crippen LogP contribution is 2.51. The molecule has 0 radical (unpaired) electrons. The van der Waals surface area contributed by atoms with Gasteiger partial charge in [-0.3, -0.25) is 4.79 Å². The lowest BCUT2D eigenvalue weighted by atomic mass is 9.63. The van der Waals surface area contributed by atoms with E-state index in [4.69, 9.17) is 17.3 Å². The zero-order valence-electron chi connectivity index (χ0n) is 13.8. The Morgan fingerprint density at radius 1 is 1.32 bits per heavy atom. The number of aliphatic hydroxyl groups excluding tert-OH is 1. The van der Waals surface area contributed by atoms with Gasteiger partial charge in [-0.05, 0) is 41.8 Å². The largest absolute Gasteiger partial charge is 0.392 e. The van der Waals surface area contributed by atoms with E-state index in [0.717, 1.165) is 12.0 Å². The van der Waals surface area contributed by atoms with E-state index in [-0.39, 0.29) is 40.3 Å². The van der Waals surface area contributed by atoms with Crippen LogP contribution in [0.3, 0.4) is 0 Å². The van der Waals surface area contributed by atoms with Gasteiger partial charge >= 0.3 is 0 Å². The zero-order valence-corrected chi connectivity index (χ0v) is 15.4. The van der Waals surface area contributed by atoms with Gasteiger partial charge in [0.2, 0.25) is 5.91 Å². The van der Waals surface area contributed by atoms with Crippen molar-refractivity contribution < 1.29 is 9.90 Å². The number of piperidine rings is 1. The molecule has 1 amide bonds. The number of aliphatic hydroxyl groups is 1. The summed E-state index contributed by atoms with van der Waals surface area (Å²) in [6.45, 7) is 0.627. The summed E-state index contributed by atoms with van der Waals surface area (Å²) in [5.41, 5.74) is 7.95. The molecule has 1 aromatic rings. The van der Waals surface area contributed by atoms with Crippen molar-refractivity contribution >= 4 is 29.3 Å². The second kappa shape index (κ2) is 6.95. The molecular weight excluding hydrogens is 356 g/mol. The molecule has 4 rings (SSSR count). The van der Waals surface area contributed by atoms with Gasteiger partial charge < -0.3 is 16.2 Å². The number of alkyl halides is 1. The van der Waals surface area contributed by atoms with Crippen molar-refractivity contribution in [2.75, 3.05) is 6.54 Å². The Bertz CT molecular complexity index is 681. The van der Waals surface area contributed by atoms with E-state index < -0.39 is 6.10 Å². The average Bonchev–Trinajstić information content (AvgIpc) is 3.08. The van der Waals surface area contributed by atoms with Crippen molar-refractivity contribution in [1.29, 1.82) is 0 Å². The fraction of sp³-hybridized carbons (Fsp3) is 0.526. The van der Waals surface area contributed by atoms with Crippen LogP contribution in [0.1, 0.15) is 23.5 Å². The first kappa shape index (κ1) is 17.4. The molecule has 1 saturated heterocycles. The molecule has 6 heteroatoms. The molecular formula is C19H23ClN2O2S. The Kier molecular flexibility index (Phi) is 4.84. The lowest BCUT2D eigenvalue weighted by Gasteiger charge is -2.50. The topological polar surface area (TPSA) is 75.3 Å². The van der Waals surface area contributed by atoms with Gasteiger partial charge in [0.25, 0.3) is 0 Å². The minimum atomic E-state index is -0.501. The number of carbonyl (C=O) groups excluding carboxylic acids is 1. The maximum Gasteiger partial charge on any atom is 0.234 e. The molecule has 2 heterocycles. The molecule has 0 bridgehead atoms. The summed E-state index contributed by atoms with van der Waals surface area (Å²) in [5.74, 6) is 0.276.